The SMILES string of the molecule is CCCCC/C=C\C\C=C/C=C/C=C/[C@@H](SC[C@H](N)C(=O)OC[C@H](COP(=O)(O)O)OC(=O)CCCCCCC)[C@@H](O)CCCC(=O)O. The van der Waals surface area contributed by atoms with E-state index in [1.165, 1.54) is 31.0 Å². The summed E-state index contributed by atoms with van der Waals surface area (Å²) in [7, 11) is -4.87. The summed E-state index contributed by atoms with van der Waals surface area (Å²) in [6.07, 6.45) is 23.8. The van der Waals surface area contributed by atoms with Gasteiger partial charge < -0.3 is 35.2 Å². The highest BCUT2D eigenvalue weighted by Crippen LogP contribution is 2.36. The molecular weight excluding hydrogens is 661 g/mol. The lowest BCUT2D eigenvalue weighted by Gasteiger charge is -2.22. The van der Waals surface area contributed by atoms with Crippen LogP contribution in [0.1, 0.15) is 104 Å². The minimum atomic E-state index is -4.87. The van der Waals surface area contributed by atoms with Crippen molar-refractivity contribution in [2.45, 2.75) is 127 Å². The first kappa shape index (κ1) is 45.8. The standard InChI is InChI=1S/C34H58NO11PS/c1-3-5-7-9-10-11-12-13-14-15-17-18-22-31(30(36)21-20-23-32(37)38)48-27-29(35)34(40)44-25-28(26-45-47(41,42)43)46-33(39)24-19-16-8-6-4-2/h10-11,13-15,17-18,22,28-31,36H,3-9,12,16,19-21,23-27,35H2,1-2H3,(H,37,38)(H2,41,42,43)/b11-10-,14-13-,17-15+,22-18+/t28-,29+,30+,31-/m1/s1. The topological polar surface area (TPSA) is 203 Å². The Kier molecular flexibility index (Phi) is 28.3. The molecule has 0 bridgehead atoms. The van der Waals surface area contributed by atoms with Crippen LogP contribution in [-0.4, -0.2) is 80.4 Å². The van der Waals surface area contributed by atoms with Gasteiger partial charge in [-0.25, -0.2) is 4.57 Å². The van der Waals surface area contributed by atoms with Gasteiger partial charge in [-0.2, -0.15) is 0 Å². The number of hydrogen-bond donors (Lipinski definition) is 5. The average molecular weight is 720 g/mol. The normalized spacial score (nSPS) is 15.0. The van der Waals surface area contributed by atoms with Gasteiger partial charge in [0.2, 0.25) is 0 Å². The van der Waals surface area contributed by atoms with Gasteiger partial charge in [0.15, 0.2) is 6.10 Å². The Balaban J connectivity index is 5.10. The second-order valence-corrected chi connectivity index (χ2v) is 13.8. The van der Waals surface area contributed by atoms with E-state index in [1.54, 1.807) is 18.2 Å². The van der Waals surface area contributed by atoms with Crippen LogP contribution in [0.4, 0.5) is 0 Å². The van der Waals surface area contributed by atoms with Crippen molar-refractivity contribution in [1.82, 2.24) is 0 Å². The van der Waals surface area contributed by atoms with Crippen molar-refractivity contribution >= 4 is 37.5 Å². The number of aliphatic hydroxyl groups excluding tert-OH is 1. The molecule has 6 N–H and O–H groups in total. The number of phosphoric ester groups is 1. The minimum absolute atomic E-state index is 0.0409. The molecular formula is C34H58NO11PS. The van der Waals surface area contributed by atoms with Crippen LogP contribution in [0, 0.1) is 0 Å². The first-order valence-corrected chi connectivity index (χ1v) is 19.5. The molecule has 0 aromatic carbocycles. The molecule has 0 aromatic rings. The molecule has 4 atom stereocenters. The van der Waals surface area contributed by atoms with E-state index in [2.05, 4.69) is 30.5 Å². The van der Waals surface area contributed by atoms with E-state index in [0.717, 1.165) is 38.5 Å². The van der Waals surface area contributed by atoms with E-state index in [9.17, 15) is 24.1 Å². The number of rotatable bonds is 30. The highest BCUT2D eigenvalue weighted by atomic mass is 32.2. The largest absolute Gasteiger partial charge is 0.481 e. The molecule has 276 valence electrons. The number of carbonyl (C=O) groups is 3. The Morgan fingerprint density at radius 2 is 1.54 bits per heavy atom. The van der Waals surface area contributed by atoms with Gasteiger partial charge in [-0.3, -0.25) is 18.9 Å². The smallest absolute Gasteiger partial charge is 0.469 e. The first-order valence-electron chi connectivity index (χ1n) is 16.9. The number of unbranched alkanes of at least 4 members (excludes halogenated alkanes) is 7. The number of hydrogen-bond acceptors (Lipinski definition) is 10. The molecule has 0 saturated carbocycles. The maximum absolute atomic E-state index is 12.6. The maximum Gasteiger partial charge on any atom is 0.469 e. The van der Waals surface area contributed by atoms with E-state index < -0.39 is 62.4 Å². The van der Waals surface area contributed by atoms with Crippen LogP contribution < -0.4 is 5.73 Å². The summed E-state index contributed by atoms with van der Waals surface area (Å²) >= 11 is 1.20. The lowest BCUT2D eigenvalue weighted by molar-refractivity contribution is -0.161. The number of carboxylic acids is 1. The number of carboxylic acid groups (broad SMARTS) is 1. The number of aliphatic hydroxyl groups is 1. The van der Waals surface area contributed by atoms with Gasteiger partial charge in [-0.15, -0.1) is 11.8 Å². The Hall–Kier alpha value is -2.25. The lowest BCUT2D eigenvalue weighted by Crippen LogP contribution is -2.38. The number of thioether (sulfide) groups is 1. The van der Waals surface area contributed by atoms with Crippen molar-refractivity contribution in [2.24, 2.45) is 5.73 Å². The Labute approximate surface area is 290 Å². The second kappa shape index (κ2) is 29.6. The van der Waals surface area contributed by atoms with Crippen molar-refractivity contribution < 1.29 is 52.9 Å². The molecule has 0 aromatic heterocycles. The van der Waals surface area contributed by atoms with Crippen LogP contribution in [0.3, 0.4) is 0 Å². The van der Waals surface area contributed by atoms with Crippen molar-refractivity contribution in [2.75, 3.05) is 19.0 Å². The van der Waals surface area contributed by atoms with Gasteiger partial charge in [-0.1, -0.05) is 101 Å². The zero-order valence-corrected chi connectivity index (χ0v) is 30.2. The zero-order chi connectivity index (χ0) is 36.0. The molecule has 14 heteroatoms. The van der Waals surface area contributed by atoms with Gasteiger partial charge in [0.25, 0.3) is 0 Å². The van der Waals surface area contributed by atoms with Gasteiger partial charge in [0.05, 0.1) is 12.7 Å². The van der Waals surface area contributed by atoms with Crippen molar-refractivity contribution in [1.29, 1.82) is 0 Å². The molecule has 0 aliphatic rings. The molecule has 0 radical (unpaired) electrons. The number of carbonyl (C=O) groups excluding carboxylic acids is 2. The minimum Gasteiger partial charge on any atom is -0.481 e. The number of aliphatic carboxylic acids is 1. The number of allylic oxidation sites excluding steroid dienone is 7. The molecule has 0 spiro atoms. The van der Waals surface area contributed by atoms with Crippen LogP contribution in [0.25, 0.3) is 0 Å². The van der Waals surface area contributed by atoms with Gasteiger partial charge >= 0.3 is 25.7 Å². The number of esters is 2. The van der Waals surface area contributed by atoms with Crippen molar-refractivity contribution in [3.63, 3.8) is 0 Å². The van der Waals surface area contributed by atoms with E-state index in [4.69, 9.17) is 30.1 Å². The highest BCUT2D eigenvalue weighted by molar-refractivity contribution is 8.00. The van der Waals surface area contributed by atoms with Crippen LogP contribution in [0.5, 0.6) is 0 Å². The molecule has 0 aliphatic carbocycles. The molecule has 0 aliphatic heterocycles. The number of nitrogens with two attached hydrogens (primary N) is 1. The van der Waals surface area contributed by atoms with Crippen LogP contribution in [0.15, 0.2) is 48.6 Å². The third-order valence-corrected chi connectivity index (χ3v) is 8.74. The predicted octanol–water partition coefficient (Wildman–Crippen LogP) is 6.15. The molecule has 0 rings (SSSR count). The van der Waals surface area contributed by atoms with E-state index in [-0.39, 0.29) is 31.4 Å². The Morgan fingerprint density at radius 1 is 0.854 bits per heavy atom. The third kappa shape index (κ3) is 28.7. The quantitative estimate of drug-likeness (QED) is 0.0186. The van der Waals surface area contributed by atoms with Crippen LogP contribution >= 0.6 is 19.6 Å². The Bertz CT molecular complexity index is 1040. The molecule has 0 fully saturated rings. The fourth-order valence-electron chi connectivity index (χ4n) is 4.16. The van der Waals surface area contributed by atoms with Crippen LogP contribution in [0.2, 0.25) is 0 Å². The fraction of sp³-hybridized carbons (Fsp3) is 0.676. The summed E-state index contributed by atoms with van der Waals surface area (Å²) in [6.45, 7) is 3.05. The molecule has 12 nitrogen and oxygen atoms in total. The molecule has 0 amide bonds. The average Bonchev–Trinajstić information content (AvgIpc) is 3.03. The first-order chi connectivity index (χ1) is 22.9. The summed E-state index contributed by atoms with van der Waals surface area (Å²) < 4.78 is 26.1. The summed E-state index contributed by atoms with van der Waals surface area (Å²) in [5, 5.41) is 19.2. The monoisotopic (exact) mass is 719 g/mol. The van der Waals surface area contributed by atoms with Crippen molar-refractivity contribution in [3.05, 3.63) is 48.6 Å². The van der Waals surface area contributed by atoms with Gasteiger partial charge in [-0.05, 0) is 38.5 Å². The third-order valence-electron chi connectivity index (χ3n) is 6.85. The van der Waals surface area contributed by atoms with Crippen molar-refractivity contribution in [3.8, 4) is 0 Å². The van der Waals surface area contributed by atoms with Gasteiger partial charge in [0.1, 0.15) is 12.6 Å². The maximum atomic E-state index is 12.6. The fourth-order valence-corrected chi connectivity index (χ4v) is 5.65. The number of phosphoric acid groups is 1. The number of ether oxygens (including phenoxy) is 2. The molecule has 48 heavy (non-hydrogen) atoms. The van der Waals surface area contributed by atoms with E-state index >= 15 is 0 Å². The lowest BCUT2D eigenvalue weighted by atomic mass is 10.1. The summed E-state index contributed by atoms with van der Waals surface area (Å²) in [6, 6.07) is -1.14. The van der Waals surface area contributed by atoms with Gasteiger partial charge in [0, 0.05) is 23.8 Å². The molecule has 0 saturated heterocycles. The zero-order valence-electron chi connectivity index (χ0n) is 28.5. The van der Waals surface area contributed by atoms with E-state index in [0.29, 0.717) is 6.42 Å². The van der Waals surface area contributed by atoms with E-state index in [1.807, 2.05) is 18.2 Å². The second-order valence-electron chi connectivity index (χ2n) is 11.4. The molecule has 0 unspecified atom stereocenters. The predicted molar refractivity (Wildman–Crippen MR) is 189 cm³/mol. The summed E-state index contributed by atoms with van der Waals surface area (Å²) in [5.74, 6) is -2.36. The Morgan fingerprint density at radius 3 is 2.23 bits per heavy atom. The summed E-state index contributed by atoms with van der Waals surface area (Å²) in [5.41, 5.74) is 6.04. The highest BCUT2D eigenvalue weighted by Gasteiger charge is 2.26. The molecule has 0 heterocycles. The van der Waals surface area contributed by atoms with Crippen LogP contribution in [-0.2, 0) is 32.9 Å². The summed E-state index contributed by atoms with van der Waals surface area (Å²) in [4.78, 5) is 53.9.